The van der Waals surface area contributed by atoms with Crippen molar-refractivity contribution in [2.75, 3.05) is 50.7 Å². The van der Waals surface area contributed by atoms with Crippen molar-refractivity contribution < 1.29 is 13.2 Å². The molecule has 0 bridgehead atoms. The molecular weight excluding hydrogens is 390 g/mol. The quantitative estimate of drug-likeness (QED) is 0.612. The minimum atomic E-state index is -3.55. The number of rotatable bonds is 10. The predicted molar refractivity (Wildman–Crippen MR) is 116 cm³/mol. The zero-order chi connectivity index (χ0) is 21.4. The van der Waals surface area contributed by atoms with Crippen LogP contribution in [0.1, 0.15) is 40.5 Å². The van der Waals surface area contributed by atoms with Crippen LogP contribution >= 0.6 is 0 Å². The van der Waals surface area contributed by atoms with Crippen molar-refractivity contribution in [3.63, 3.8) is 0 Å². The third kappa shape index (κ3) is 6.38. The van der Waals surface area contributed by atoms with Gasteiger partial charge in [0.05, 0.1) is 6.54 Å². The Morgan fingerprint density at radius 2 is 1.72 bits per heavy atom. The molecule has 1 fully saturated rings. The SMILES string of the molecule is CCC(CC)NS(=O)(=O)c1ccc(N2CCN(CC(=O)N(CC)CC)CC2)nc1. The van der Waals surface area contributed by atoms with Gasteiger partial charge in [-0.3, -0.25) is 9.69 Å². The minimum absolute atomic E-state index is 0.0631. The molecule has 0 atom stereocenters. The fourth-order valence-corrected chi connectivity index (χ4v) is 4.81. The molecule has 164 valence electrons. The maximum Gasteiger partial charge on any atom is 0.242 e. The standard InChI is InChI=1S/C20H35N5O3S/c1-5-17(6-2)22-29(27,28)18-9-10-19(21-15-18)25-13-11-23(12-14-25)16-20(26)24(7-3)8-4/h9-10,15,17,22H,5-8,11-14,16H2,1-4H3. The number of hydrogen-bond acceptors (Lipinski definition) is 6. The molecule has 0 saturated carbocycles. The van der Waals surface area contributed by atoms with Crippen molar-refractivity contribution in [2.45, 2.75) is 51.5 Å². The summed E-state index contributed by atoms with van der Waals surface area (Å²) in [5.41, 5.74) is 0. The van der Waals surface area contributed by atoms with E-state index in [1.165, 1.54) is 6.20 Å². The predicted octanol–water partition coefficient (Wildman–Crippen LogP) is 1.54. The maximum absolute atomic E-state index is 12.5. The van der Waals surface area contributed by atoms with Crippen LogP contribution in [-0.4, -0.2) is 81.0 Å². The first-order valence-electron chi connectivity index (χ1n) is 10.6. The highest BCUT2D eigenvalue weighted by Crippen LogP contribution is 2.17. The number of carbonyl (C=O) groups excluding carboxylic acids is 1. The molecule has 29 heavy (non-hydrogen) atoms. The van der Waals surface area contributed by atoms with Gasteiger partial charge in [0.2, 0.25) is 15.9 Å². The van der Waals surface area contributed by atoms with Gasteiger partial charge in [0.1, 0.15) is 10.7 Å². The third-order valence-corrected chi connectivity index (χ3v) is 7.02. The van der Waals surface area contributed by atoms with E-state index in [-0.39, 0.29) is 16.8 Å². The molecule has 1 amide bonds. The fraction of sp³-hybridized carbons (Fsp3) is 0.700. The summed E-state index contributed by atoms with van der Waals surface area (Å²) in [7, 11) is -3.55. The number of aromatic nitrogens is 1. The van der Waals surface area contributed by atoms with Crippen molar-refractivity contribution >= 4 is 21.7 Å². The van der Waals surface area contributed by atoms with Crippen molar-refractivity contribution in [1.29, 1.82) is 0 Å². The molecule has 1 aliphatic rings. The lowest BCUT2D eigenvalue weighted by Gasteiger charge is -2.35. The summed E-state index contributed by atoms with van der Waals surface area (Å²) in [6.45, 7) is 12.9. The van der Waals surface area contributed by atoms with Gasteiger partial charge in [-0.25, -0.2) is 18.1 Å². The monoisotopic (exact) mass is 425 g/mol. The molecule has 1 aliphatic heterocycles. The van der Waals surface area contributed by atoms with Gasteiger partial charge in [-0.1, -0.05) is 13.8 Å². The van der Waals surface area contributed by atoms with E-state index in [2.05, 4.69) is 19.5 Å². The van der Waals surface area contributed by atoms with Crippen LogP contribution in [-0.2, 0) is 14.8 Å². The normalized spacial score (nSPS) is 15.7. The number of carbonyl (C=O) groups is 1. The number of anilines is 1. The Bertz CT molecular complexity index is 738. The lowest BCUT2D eigenvalue weighted by Crippen LogP contribution is -2.50. The fourth-order valence-electron chi connectivity index (χ4n) is 3.46. The molecule has 9 heteroatoms. The topological polar surface area (TPSA) is 85.8 Å². The van der Waals surface area contributed by atoms with Gasteiger partial charge in [0.15, 0.2) is 0 Å². The van der Waals surface area contributed by atoms with Crippen molar-refractivity contribution in [1.82, 2.24) is 19.5 Å². The number of amides is 1. The maximum atomic E-state index is 12.5. The molecule has 0 spiro atoms. The van der Waals surface area contributed by atoms with Crippen LogP contribution < -0.4 is 9.62 Å². The number of piperazine rings is 1. The van der Waals surface area contributed by atoms with Gasteiger partial charge in [-0.05, 0) is 38.8 Å². The molecule has 1 aromatic rings. The average Bonchev–Trinajstić information content (AvgIpc) is 2.73. The van der Waals surface area contributed by atoms with E-state index >= 15 is 0 Å². The number of nitrogens with zero attached hydrogens (tertiary/aromatic N) is 4. The largest absolute Gasteiger partial charge is 0.354 e. The summed E-state index contributed by atoms with van der Waals surface area (Å²) in [4.78, 5) is 23.0. The average molecular weight is 426 g/mol. The van der Waals surface area contributed by atoms with Crippen LogP contribution in [0.25, 0.3) is 0 Å². The van der Waals surface area contributed by atoms with E-state index in [9.17, 15) is 13.2 Å². The van der Waals surface area contributed by atoms with Gasteiger partial charge < -0.3 is 9.80 Å². The van der Waals surface area contributed by atoms with Gasteiger partial charge in [-0.2, -0.15) is 0 Å². The molecule has 1 aromatic heterocycles. The van der Waals surface area contributed by atoms with Crippen LogP contribution in [0.5, 0.6) is 0 Å². The summed E-state index contributed by atoms with van der Waals surface area (Å²) in [5, 5.41) is 0. The Morgan fingerprint density at radius 1 is 1.10 bits per heavy atom. The van der Waals surface area contributed by atoms with Crippen LogP contribution in [0.3, 0.4) is 0 Å². The number of sulfonamides is 1. The molecule has 0 aromatic carbocycles. The summed E-state index contributed by atoms with van der Waals surface area (Å²) < 4.78 is 27.7. The molecule has 0 aliphatic carbocycles. The highest BCUT2D eigenvalue weighted by Gasteiger charge is 2.23. The molecule has 0 radical (unpaired) electrons. The third-order valence-electron chi connectivity index (χ3n) is 5.51. The first-order valence-corrected chi connectivity index (χ1v) is 12.1. The van der Waals surface area contributed by atoms with E-state index in [1.807, 2.05) is 32.6 Å². The van der Waals surface area contributed by atoms with Crippen molar-refractivity contribution in [3.05, 3.63) is 18.3 Å². The second-order valence-electron chi connectivity index (χ2n) is 7.32. The van der Waals surface area contributed by atoms with Gasteiger partial charge >= 0.3 is 0 Å². The molecule has 2 heterocycles. The molecule has 2 rings (SSSR count). The second kappa shape index (κ2) is 10.9. The zero-order valence-corrected chi connectivity index (χ0v) is 18.9. The Kier molecular flexibility index (Phi) is 8.85. The Morgan fingerprint density at radius 3 is 2.21 bits per heavy atom. The van der Waals surface area contributed by atoms with Crippen LogP contribution in [0.4, 0.5) is 5.82 Å². The lowest BCUT2D eigenvalue weighted by atomic mass is 10.2. The van der Waals surface area contributed by atoms with Crippen molar-refractivity contribution in [3.8, 4) is 0 Å². The Hall–Kier alpha value is -1.71. The van der Waals surface area contributed by atoms with E-state index in [4.69, 9.17) is 0 Å². The minimum Gasteiger partial charge on any atom is -0.354 e. The molecular formula is C20H35N5O3S. The molecule has 8 nitrogen and oxygen atoms in total. The van der Waals surface area contributed by atoms with Gasteiger partial charge in [0, 0.05) is 51.5 Å². The van der Waals surface area contributed by atoms with Crippen molar-refractivity contribution in [2.24, 2.45) is 0 Å². The Balaban J connectivity index is 1.92. The van der Waals surface area contributed by atoms with E-state index in [0.29, 0.717) is 6.54 Å². The number of hydrogen-bond donors (Lipinski definition) is 1. The first kappa shape index (κ1) is 23.6. The summed E-state index contributed by atoms with van der Waals surface area (Å²) in [5.74, 6) is 0.933. The van der Waals surface area contributed by atoms with Crippen LogP contribution in [0.2, 0.25) is 0 Å². The second-order valence-corrected chi connectivity index (χ2v) is 9.03. The van der Waals surface area contributed by atoms with Crippen LogP contribution in [0, 0.1) is 0 Å². The zero-order valence-electron chi connectivity index (χ0n) is 18.1. The van der Waals surface area contributed by atoms with Crippen LogP contribution in [0.15, 0.2) is 23.2 Å². The first-order chi connectivity index (χ1) is 13.8. The van der Waals surface area contributed by atoms with Gasteiger partial charge in [-0.15, -0.1) is 0 Å². The molecule has 0 unspecified atom stereocenters. The summed E-state index contributed by atoms with van der Waals surface area (Å²) in [6, 6.07) is 3.31. The summed E-state index contributed by atoms with van der Waals surface area (Å²) >= 11 is 0. The molecule has 1 saturated heterocycles. The van der Waals surface area contributed by atoms with E-state index in [0.717, 1.165) is 57.9 Å². The van der Waals surface area contributed by atoms with E-state index < -0.39 is 10.0 Å². The highest BCUT2D eigenvalue weighted by atomic mass is 32.2. The lowest BCUT2D eigenvalue weighted by molar-refractivity contribution is -0.132. The number of nitrogens with one attached hydrogen (secondary N) is 1. The van der Waals surface area contributed by atoms with E-state index in [1.54, 1.807) is 12.1 Å². The Labute approximate surface area is 175 Å². The van der Waals surface area contributed by atoms with Gasteiger partial charge in [0.25, 0.3) is 0 Å². The molecule has 1 N–H and O–H groups in total. The number of likely N-dealkylation sites (N-methyl/N-ethyl adjacent to an activating group) is 1. The smallest absolute Gasteiger partial charge is 0.242 e. The summed E-state index contributed by atoms with van der Waals surface area (Å²) in [6.07, 6.45) is 2.93. The number of pyridine rings is 1. The highest BCUT2D eigenvalue weighted by molar-refractivity contribution is 7.89.